The van der Waals surface area contributed by atoms with Crippen molar-refractivity contribution in [2.24, 2.45) is 0 Å². The Balaban J connectivity index is 2.20. The number of nitrogens with zero attached hydrogens (tertiary/aromatic N) is 1. The highest BCUT2D eigenvalue weighted by molar-refractivity contribution is 9.10. The van der Waals surface area contributed by atoms with Crippen molar-refractivity contribution in [2.45, 2.75) is 19.4 Å². The van der Waals surface area contributed by atoms with E-state index in [1.165, 1.54) is 0 Å². The second-order valence-corrected chi connectivity index (χ2v) is 4.79. The molecular weight excluding hydrogens is 292 g/mol. The van der Waals surface area contributed by atoms with Crippen LogP contribution in [0.25, 0.3) is 0 Å². The predicted octanol–water partition coefficient (Wildman–Crippen LogP) is 4.11. The monoisotopic (exact) mass is 306 g/mol. The van der Waals surface area contributed by atoms with E-state index in [0.717, 1.165) is 22.3 Å². The third-order valence-corrected chi connectivity index (χ3v) is 3.42. The van der Waals surface area contributed by atoms with Crippen LogP contribution >= 0.6 is 15.9 Å². The van der Waals surface area contributed by atoms with Crippen LogP contribution in [0.2, 0.25) is 0 Å². The molecule has 0 aliphatic carbocycles. The van der Waals surface area contributed by atoms with Crippen molar-refractivity contribution in [3.8, 4) is 5.75 Å². The molecule has 2 N–H and O–H groups in total. The molecular formula is C14H15BrN2O. The van der Waals surface area contributed by atoms with Crippen LogP contribution in [0.4, 0.5) is 5.69 Å². The summed E-state index contributed by atoms with van der Waals surface area (Å²) in [5.41, 5.74) is 2.11. The van der Waals surface area contributed by atoms with Gasteiger partial charge in [0.05, 0.1) is 11.7 Å². The lowest BCUT2D eigenvalue weighted by atomic mass is 10.0. The number of rotatable bonds is 4. The quantitative estimate of drug-likeness (QED) is 0.835. The van der Waals surface area contributed by atoms with Gasteiger partial charge in [0, 0.05) is 6.20 Å². The van der Waals surface area contributed by atoms with Gasteiger partial charge in [-0.3, -0.25) is 0 Å². The second-order valence-electron chi connectivity index (χ2n) is 4.04. The summed E-state index contributed by atoms with van der Waals surface area (Å²) < 4.78 is 0.808. The maximum Gasteiger partial charge on any atom is 0.129 e. The number of phenolic OH excluding ortho intramolecular Hbond substituents is 1. The van der Waals surface area contributed by atoms with Crippen LogP contribution in [0, 0.1) is 0 Å². The van der Waals surface area contributed by atoms with Gasteiger partial charge in [-0.15, -0.1) is 0 Å². The van der Waals surface area contributed by atoms with Crippen LogP contribution in [-0.4, -0.2) is 10.1 Å². The molecule has 18 heavy (non-hydrogen) atoms. The molecule has 0 saturated heterocycles. The Morgan fingerprint density at radius 3 is 2.61 bits per heavy atom. The van der Waals surface area contributed by atoms with E-state index in [9.17, 15) is 5.11 Å². The van der Waals surface area contributed by atoms with E-state index in [1.807, 2.05) is 24.3 Å². The summed E-state index contributed by atoms with van der Waals surface area (Å²) in [6.45, 7) is 2.12. The van der Waals surface area contributed by atoms with E-state index in [0.29, 0.717) is 0 Å². The summed E-state index contributed by atoms with van der Waals surface area (Å²) in [5.74, 6) is 0.288. The molecule has 0 aliphatic heterocycles. The van der Waals surface area contributed by atoms with Crippen LogP contribution in [-0.2, 0) is 0 Å². The number of benzene rings is 1. The molecule has 2 aromatic rings. The number of hydrogen-bond donors (Lipinski definition) is 2. The molecule has 3 nitrogen and oxygen atoms in total. The van der Waals surface area contributed by atoms with Crippen molar-refractivity contribution in [3.63, 3.8) is 0 Å². The first-order valence-corrected chi connectivity index (χ1v) is 6.66. The third-order valence-electron chi connectivity index (χ3n) is 2.79. The van der Waals surface area contributed by atoms with Crippen molar-refractivity contribution in [1.82, 2.24) is 4.98 Å². The molecule has 4 heteroatoms. The van der Waals surface area contributed by atoms with Crippen molar-refractivity contribution >= 4 is 21.6 Å². The zero-order valence-electron chi connectivity index (χ0n) is 10.1. The van der Waals surface area contributed by atoms with E-state index >= 15 is 0 Å². The summed E-state index contributed by atoms with van der Waals surface area (Å²) in [4.78, 5) is 4.19. The molecule has 0 amide bonds. The fraction of sp³-hybridized carbons (Fsp3) is 0.214. The number of aromatic hydroxyl groups is 1. The number of pyridine rings is 1. The van der Waals surface area contributed by atoms with E-state index < -0.39 is 0 Å². The number of hydrogen-bond acceptors (Lipinski definition) is 3. The van der Waals surface area contributed by atoms with E-state index in [-0.39, 0.29) is 11.8 Å². The zero-order chi connectivity index (χ0) is 13.0. The van der Waals surface area contributed by atoms with Crippen molar-refractivity contribution in [1.29, 1.82) is 0 Å². The van der Waals surface area contributed by atoms with Crippen molar-refractivity contribution in [2.75, 3.05) is 5.32 Å². The highest BCUT2D eigenvalue weighted by Crippen LogP contribution is 2.27. The van der Waals surface area contributed by atoms with Gasteiger partial charge in [0.15, 0.2) is 0 Å². The average Bonchev–Trinajstić information content (AvgIpc) is 2.39. The lowest BCUT2D eigenvalue weighted by Gasteiger charge is -2.19. The number of halogens is 1. The molecule has 1 atom stereocenters. The maximum atomic E-state index is 9.31. The normalized spacial score (nSPS) is 12.1. The Bertz CT molecular complexity index is 513. The largest absolute Gasteiger partial charge is 0.508 e. The lowest BCUT2D eigenvalue weighted by molar-refractivity contribution is 0.475. The van der Waals surface area contributed by atoms with Gasteiger partial charge in [-0.1, -0.05) is 19.1 Å². The standard InChI is InChI=1S/C14H15BrN2O/c1-2-12(10-5-7-11(18)8-6-10)17-13-4-3-9-16-14(13)15/h3-9,12,17-18H,2H2,1H3. The Morgan fingerprint density at radius 1 is 1.28 bits per heavy atom. The lowest BCUT2D eigenvalue weighted by Crippen LogP contribution is -2.10. The summed E-state index contributed by atoms with van der Waals surface area (Å²) in [5, 5.41) is 12.7. The average molecular weight is 307 g/mol. The van der Waals surface area contributed by atoms with Gasteiger partial charge in [-0.05, 0) is 52.2 Å². The highest BCUT2D eigenvalue weighted by atomic mass is 79.9. The first kappa shape index (κ1) is 12.9. The topological polar surface area (TPSA) is 45.2 Å². The van der Waals surface area contributed by atoms with Crippen LogP contribution in [0.1, 0.15) is 24.9 Å². The van der Waals surface area contributed by atoms with Crippen LogP contribution in [0.5, 0.6) is 5.75 Å². The molecule has 1 aromatic carbocycles. The maximum absolute atomic E-state index is 9.31. The molecule has 0 radical (unpaired) electrons. The molecule has 0 spiro atoms. The molecule has 0 fully saturated rings. The first-order valence-electron chi connectivity index (χ1n) is 5.86. The number of phenols is 1. The Hall–Kier alpha value is -1.55. The van der Waals surface area contributed by atoms with E-state index in [2.05, 4.69) is 33.2 Å². The van der Waals surface area contributed by atoms with Crippen LogP contribution in [0.3, 0.4) is 0 Å². The Morgan fingerprint density at radius 2 is 2.00 bits per heavy atom. The fourth-order valence-electron chi connectivity index (χ4n) is 1.81. The van der Waals surface area contributed by atoms with E-state index in [4.69, 9.17) is 0 Å². The molecule has 94 valence electrons. The van der Waals surface area contributed by atoms with Crippen LogP contribution < -0.4 is 5.32 Å². The molecule has 2 rings (SSSR count). The van der Waals surface area contributed by atoms with Crippen molar-refractivity contribution < 1.29 is 5.11 Å². The summed E-state index contributed by atoms with van der Waals surface area (Å²) in [7, 11) is 0. The van der Waals surface area contributed by atoms with Gasteiger partial charge >= 0.3 is 0 Å². The number of anilines is 1. The minimum Gasteiger partial charge on any atom is -0.508 e. The molecule has 1 unspecified atom stereocenters. The molecule has 0 bridgehead atoms. The van der Waals surface area contributed by atoms with Gasteiger partial charge in [0.1, 0.15) is 10.4 Å². The fourth-order valence-corrected chi connectivity index (χ4v) is 2.17. The molecule has 0 aliphatic rings. The Labute approximate surface area is 115 Å². The first-order chi connectivity index (χ1) is 8.70. The van der Waals surface area contributed by atoms with E-state index in [1.54, 1.807) is 18.3 Å². The minimum atomic E-state index is 0.200. The van der Waals surface area contributed by atoms with Gasteiger partial charge in [-0.2, -0.15) is 0 Å². The molecule has 1 aromatic heterocycles. The highest BCUT2D eigenvalue weighted by Gasteiger charge is 2.10. The predicted molar refractivity (Wildman–Crippen MR) is 76.7 cm³/mol. The van der Waals surface area contributed by atoms with Gasteiger partial charge in [0.2, 0.25) is 0 Å². The Kier molecular flexibility index (Phi) is 4.20. The molecule has 0 saturated carbocycles. The number of aromatic nitrogens is 1. The van der Waals surface area contributed by atoms with Gasteiger partial charge in [0.25, 0.3) is 0 Å². The van der Waals surface area contributed by atoms with Crippen molar-refractivity contribution in [3.05, 3.63) is 52.8 Å². The SMILES string of the molecule is CCC(Nc1cccnc1Br)c1ccc(O)cc1. The summed E-state index contributed by atoms with van der Waals surface area (Å²) in [6, 6.07) is 11.4. The zero-order valence-corrected chi connectivity index (χ0v) is 11.7. The molecule has 1 heterocycles. The smallest absolute Gasteiger partial charge is 0.129 e. The number of nitrogens with one attached hydrogen (secondary N) is 1. The second kappa shape index (κ2) is 5.87. The summed E-state index contributed by atoms with van der Waals surface area (Å²) >= 11 is 3.42. The van der Waals surface area contributed by atoms with Gasteiger partial charge < -0.3 is 10.4 Å². The van der Waals surface area contributed by atoms with Crippen LogP contribution in [0.15, 0.2) is 47.2 Å². The third kappa shape index (κ3) is 3.01. The summed E-state index contributed by atoms with van der Waals surface area (Å²) in [6.07, 6.45) is 2.70. The van der Waals surface area contributed by atoms with Gasteiger partial charge in [-0.25, -0.2) is 4.98 Å². The minimum absolute atomic E-state index is 0.200.